The Labute approximate surface area is 197 Å². The molecule has 4 rings (SSSR count). The van der Waals surface area contributed by atoms with Gasteiger partial charge in [-0.05, 0) is 42.5 Å². The van der Waals surface area contributed by atoms with Crippen molar-refractivity contribution < 1.29 is 27.2 Å². The minimum Gasteiger partial charge on any atom is -0.434 e. The number of H-pyrrole nitrogens is 1. The van der Waals surface area contributed by atoms with Gasteiger partial charge in [-0.1, -0.05) is 11.6 Å². The Hall–Kier alpha value is -3.65. The van der Waals surface area contributed by atoms with Gasteiger partial charge in [0.15, 0.2) is 11.5 Å². The quantitative estimate of drug-likeness (QED) is 0.265. The standard InChI is InChI=1S/C20H16ClFN6O5S/c1-28(30)16(29)9-15-18(26-27-25-15)20-24-17(11-4-7-14(22)13(21)8-11)19(33-20)10-2-5-12(6-3-10)34(23,31)32/h2-8,30H,9H2,1H3,(H2,23,31,32)(H,25,26,27). The fourth-order valence-electron chi connectivity index (χ4n) is 3.06. The number of aromatic nitrogens is 4. The topological polar surface area (TPSA) is 168 Å². The van der Waals surface area contributed by atoms with Crippen molar-refractivity contribution >= 4 is 27.5 Å². The third kappa shape index (κ3) is 4.68. The number of carbonyl (C=O) groups is 1. The highest BCUT2D eigenvalue weighted by Gasteiger charge is 2.24. The summed E-state index contributed by atoms with van der Waals surface area (Å²) >= 11 is 5.94. The molecule has 0 spiro atoms. The van der Waals surface area contributed by atoms with E-state index < -0.39 is 21.7 Å². The van der Waals surface area contributed by atoms with Crippen LogP contribution >= 0.6 is 11.6 Å². The summed E-state index contributed by atoms with van der Waals surface area (Å²) in [6.07, 6.45) is -0.294. The lowest BCUT2D eigenvalue weighted by molar-refractivity contribution is -0.158. The molecule has 0 aliphatic heterocycles. The van der Waals surface area contributed by atoms with E-state index in [2.05, 4.69) is 20.4 Å². The molecule has 2 heterocycles. The number of sulfonamides is 1. The highest BCUT2D eigenvalue weighted by molar-refractivity contribution is 7.89. The van der Waals surface area contributed by atoms with Gasteiger partial charge in [0.25, 0.3) is 5.91 Å². The summed E-state index contributed by atoms with van der Waals surface area (Å²) in [5.41, 5.74) is 1.35. The second-order valence-corrected chi connectivity index (χ2v) is 9.08. The fraction of sp³-hybridized carbons (Fsp3) is 0.100. The summed E-state index contributed by atoms with van der Waals surface area (Å²) in [6.45, 7) is 0. The number of carbonyl (C=O) groups excluding carboxylic acids is 1. The molecule has 0 saturated carbocycles. The number of halogens is 2. The normalized spacial score (nSPS) is 11.6. The van der Waals surface area contributed by atoms with Crippen molar-refractivity contribution in [2.24, 2.45) is 5.14 Å². The number of primary sulfonamides is 1. The fourth-order valence-corrected chi connectivity index (χ4v) is 3.75. The first-order chi connectivity index (χ1) is 16.0. The maximum atomic E-state index is 13.7. The Kier molecular flexibility index (Phi) is 6.18. The molecule has 0 bridgehead atoms. The van der Waals surface area contributed by atoms with E-state index in [9.17, 15) is 22.8 Å². The van der Waals surface area contributed by atoms with Gasteiger partial charge < -0.3 is 4.42 Å². The third-order valence-electron chi connectivity index (χ3n) is 4.77. The zero-order chi connectivity index (χ0) is 24.6. The summed E-state index contributed by atoms with van der Waals surface area (Å²) in [5.74, 6) is -1.11. The Morgan fingerprint density at radius 1 is 1.18 bits per heavy atom. The molecule has 0 fully saturated rings. The highest BCUT2D eigenvalue weighted by atomic mass is 35.5. The number of amides is 1. The average molecular weight is 507 g/mol. The molecule has 2 aromatic carbocycles. The van der Waals surface area contributed by atoms with Crippen molar-refractivity contribution in [1.82, 2.24) is 25.5 Å². The van der Waals surface area contributed by atoms with Gasteiger partial charge in [-0.25, -0.2) is 28.0 Å². The maximum absolute atomic E-state index is 13.7. The molecule has 0 saturated heterocycles. The van der Waals surface area contributed by atoms with Crippen LogP contribution in [0.3, 0.4) is 0 Å². The van der Waals surface area contributed by atoms with Crippen LogP contribution in [0.2, 0.25) is 5.02 Å². The summed E-state index contributed by atoms with van der Waals surface area (Å²) in [4.78, 5) is 16.3. The molecule has 4 N–H and O–H groups in total. The minimum atomic E-state index is -3.91. The number of oxazole rings is 1. The molecule has 11 nitrogen and oxygen atoms in total. The van der Waals surface area contributed by atoms with E-state index in [1.54, 1.807) is 0 Å². The SMILES string of the molecule is CN(O)C(=O)Cc1n[nH]nc1-c1nc(-c2ccc(F)c(Cl)c2)c(-c2ccc(S(N)(=O)=O)cc2)o1. The van der Waals surface area contributed by atoms with Gasteiger partial charge in [0.05, 0.1) is 16.3 Å². The van der Waals surface area contributed by atoms with Crippen molar-refractivity contribution in [3.8, 4) is 34.2 Å². The van der Waals surface area contributed by atoms with Crippen LogP contribution in [0.25, 0.3) is 34.2 Å². The summed E-state index contributed by atoms with van der Waals surface area (Å²) in [7, 11) is -2.74. The van der Waals surface area contributed by atoms with Gasteiger partial charge in [0.1, 0.15) is 17.2 Å². The molecule has 176 valence electrons. The first-order valence-electron chi connectivity index (χ1n) is 9.49. The van der Waals surface area contributed by atoms with Crippen molar-refractivity contribution in [3.05, 3.63) is 59.0 Å². The van der Waals surface area contributed by atoms with E-state index in [1.165, 1.54) is 43.4 Å². The molecule has 0 atom stereocenters. The molecular formula is C20H16ClFN6O5S. The number of hydroxylamine groups is 2. The van der Waals surface area contributed by atoms with Gasteiger partial charge in [0.2, 0.25) is 15.9 Å². The molecule has 0 radical (unpaired) electrons. The molecule has 0 aliphatic rings. The molecule has 14 heteroatoms. The zero-order valence-corrected chi connectivity index (χ0v) is 18.9. The molecule has 4 aromatic rings. The predicted molar refractivity (Wildman–Crippen MR) is 117 cm³/mol. The van der Waals surface area contributed by atoms with E-state index in [1.807, 2.05) is 0 Å². The van der Waals surface area contributed by atoms with Gasteiger partial charge >= 0.3 is 0 Å². The molecule has 2 aromatic heterocycles. The molecule has 34 heavy (non-hydrogen) atoms. The lowest BCUT2D eigenvalue weighted by atomic mass is 10.1. The Balaban J connectivity index is 1.85. The number of nitrogens with zero attached hydrogens (tertiary/aromatic N) is 4. The summed E-state index contributed by atoms with van der Waals surface area (Å²) in [6, 6.07) is 9.49. The van der Waals surface area contributed by atoms with Crippen LogP contribution in [0.1, 0.15) is 5.69 Å². The van der Waals surface area contributed by atoms with Crippen LogP contribution in [0.15, 0.2) is 51.8 Å². The average Bonchev–Trinajstić information content (AvgIpc) is 3.42. The summed E-state index contributed by atoms with van der Waals surface area (Å²) < 4.78 is 42.9. The number of nitrogens with two attached hydrogens (primary N) is 1. The second-order valence-electron chi connectivity index (χ2n) is 7.11. The number of nitrogens with one attached hydrogen (secondary N) is 1. The molecule has 0 unspecified atom stereocenters. The lowest BCUT2D eigenvalue weighted by Gasteiger charge is -2.06. The molecule has 0 aliphatic carbocycles. The van der Waals surface area contributed by atoms with Crippen molar-refractivity contribution in [2.75, 3.05) is 7.05 Å². The van der Waals surface area contributed by atoms with Crippen LogP contribution in [0.5, 0.6) is 0 Å². The van der Waals surface area contributed by atoms with Crippen LogP contribution in [-0.4, -0.2) is 52.0 Å². The Morgan fingerprint density at radius 3 is 2.47 bits per heavy atom. The van der Waals surface area contributed by atoms with Crippen LogP contribution in [0, 0.1) is 5.82 Å². The van der Waals surface area contributed by atoms with Crippen molar-refractivity contribution in [3.63, 3.8) is 0 Å². The first-order valence-corrected chi connectivity index (χ1v) is 11.4. The Bertz CT molecular complexity index is 1480. The van der Waals surface area contributed by atoms with E-state index in [0.29, 0.717) is 16.2 Å². The van der Waals surface area contributed by atoms with Crippen LogP contribution in [0.4, 0.5) is 4.39 Å². The van der Waals surface area contributed by atoms with Crippen molar-refractivity contribution in [1.29, 1.82) is 0 Å². The number of likely N-dealkylation sites (N-methyl/N-ethyl adjacent to an activating group) is 1. The summed E-state index contributed by atoms with van der Waals surface area (Å²) in [5, 5.41) is 25.1. The Morgan fingerprint density at radius 2 is 1.85 bits per heavy atom. The largest absolute Gasteiger partial charge is 0.434 e. The van der Waals surface area contributed by atoms with Crippen LogP contribution in [-0.2, 0) is 21.2 Å². The van der Waals surface area contributed by atoms with Gasteiger partial charge in [-0.2, -0.15) is 15.4 Å². The zero-order valence-electron chi connectivity index (χ0n) is 17.4. The lowest BCUT2D eigenvalue weighted by Crippen LogP contribution is -2.24. The molecule has 1 amide bonds. The number of hydrogen-bond acceptors (Lipinski definition) is 8. The van der Waals surface area contributed by atoms with Gasteiger partial charge in [-0.3, -0.25) is 10.0 Å². The third-order valence-corrected chi connectivity index (χ3v) is 5.99. The maximum Gasteiger partial charge on any atom is 0.251 e. The number of benzene rings is 2. The highest BCUT2D eigenvalue weighted by Crippen LogP contribution is 2.37. The van der Waals surface area contributed by atoms with E-state index >= 15 is 0 Å². The number of rotatable bonds is 6. The minimum absolute atomic E-state index is 0.0295. The van der Waals surface area contributed by atoms with Gasteiger partial charge in [-0.15, -0.1) is 0 Å². The van der Waals surface area contributed by atoms with Gasteiger partial charge in [0, 0.05) is 18.2 Å². The predicted octanol–water partition coefficient (Wildman–Crippen LogP) is 2.62. The first kappa shape index (κ1) is 23.5. The number of hydrogen-bond donors (Lipinski definition) is 3. The van der Waals surface area contributed by atoms with E-state index in [0.717, 1.165) is 6.07 Å². The van der Waals surface area contributed by atoms with E-state index in [-0.39, 0.29) is 45.1 Å². The van der Waals surface area contributed by atoms with Crippen molar-refractivity contribution in [2.45, 2.75) is 11.3 Å². The number of aromatic amines is 1. The smallest absolute Gasteiger partial charge is 0.251 e. The molecular weight excluding hydrogens is 491 g/mol. The monoisotopic (exact) mass is 506 g/mol. The second kappa shape index (κ2) is 8.95. The van der Waals surface area contributed by atoms with Crippen LogP contribution < -0.4 is 5.14 Å². The van der Waals surface area contributed by atoms with E-state index in [4.69, 9.17) is 21.2 Å².